The van der Waals surface area contributed by atoms with Crippen molar-refractivity contribution in [2.24, 2.45) is 0 Å². The van der Waals surface area contributed by atoms with Gasteiger partial charge in [-0.15, -0.1) is 0 Å². The third kappa shape index (κ3) is 1.49. The summed E-state index contributed by atoms with van der Waals surface area (Å²) in [6, 6.07) is 5.68. The van der Waals surface area contributed by atoms with Crippen molar-refractivity contribution >= 4 is 21.6 Å². The summed E-state index contributed by atoms with van der Waals surface area (Å²) < 4.78 is 6.00. The highest BCUT2D eigenvalue weighted by Gasteiger charge is 1.98. The fraction of sp³-hybridized carbons (Fsp3) is 0.143. The third-order valence-electron chi connectivity index (χ3n) is 1.25. The van der Waals surface area contributed by atoms with Gasteiger partial charge in [0.2, 0.25) is 0 Å². The van der Waals surface area contributed by atoms with Crippen molar-refractivity contribution in [3.63, 3.8) is 0 Å². The fourth-order valence-corrected chi connectivity index (χ4v) is 0.925. The van der Waals surface area contributed by atoms with E-state index in [4.69, 9.17) is 4.74 Å². The molecule has 0 spiro atoms. The van der Waals surface area contributed by atoms with Crippen LogP contribution in [0, 0.1) is 0 Å². The Kier molecular flexibility index (Phi) is 2.29. The van der Waals surface area contributed by atoms with E-state index in [0.717, 1.165) is 15.9 Å². The van der Waals surface area contributed by atoms with E-state index in [0.29, 0.717) is 0 Å². The molecule has 0 aliphatic rings. The molecule has 2 nitrogen and oxygen atoms in total. The molecule has 0 fully saturated rings. The van der Waals surface area contributed by atoms with Crippen LogP contribution in [0.4, 0.5) is 5.69 Å². The second-order valence-electron chi connectivity index (χ2n) is 1.96. The molecule has 0 unspecified atom stereocenters. The van der Waals surface area contributed by atoms with Gasteiger partial charge in [-0.2, -0.15) is 0 Å². The van der Waals surface area contributed by atoms with Crippen molar-refractivity contribution in [2.45, 2.75) is 0 Å². The van der Waals surface area contributed by atoms with E-state index in [1.807, 2.05) is 18.2 Å². The van der Waals surface area contributed by atoms with E-state index in [2.05, 4.69) is 21.7 Å². The van der Waals surface area contributed by atoms with Crippen LogP contribution in [0.5, 0.6) is 5.75 Å². The summed E-state index contributed by atoms with van der Waals surface area (Å²) in [6.45, 7) is 0. The molecule has 54 valence electrons. The van der Waals surface area contributed by atoms with Crippen molar-refractivity contribution in [1.82, 2.24) is 0 Å². The van der Waals surface area contributed by atoms with Gasteiger partial charge in [0.1, 0.15) is 11.4 Å². The summed E-state index contributed by atoms with van der Waals surface area (Å²) >= 11 is 3.34. The summed E-state index contributed by atoms with van der Waals surface area (Å²) in [5.74, 6) is 0.841. The first-order valence-electron chi connectivity index (χ1n) is 2.89. The van der Waals surface area contributed by atoms with Crippen LogP contribution in [0.2, 0.25) is 0 Å². The van der Waals surface area contributed by atoms with Gasteiger partial charge in [-0.1, -0.05) is 0 Å². The van der Waals surface area contributed by atoms with E-state index in [1.54, 1.807) is 7.11 Å². The lowest BCUT2D eigenvalue weighted by Crippen LogP contribution is -2.40. The molecule has 0 amide bonds. The molecule has 0 aliphatic heterocycles. The molecule has 3 heteroatoms. The van der Waals surface area contributed by atoms with Gasteiger partial charge in [-0.05, 0) is 28.1 Å². The summed E-state index contributed by atoms with van der Waals surface area (Å²) in [5.41, 5.74) is 4.75. The Balaban J connectivity index is 3.04. The van der Waals surface area contributed by atoms with Crippen molar-refractivity contribution in [2.75, 3.05) is 7.11 Å². The summed E-state index contributed by atoms with van der Waals surface area (Å²) in [6.07, 6.45) is 0. The lowest BCUT2D eigenvalue weighted by atomic mass is 10.3. The highest BCUT2D eigenvalue weighted by atomic mass is 79.9. The zero-order valence-corrected chi connectivity index (χ0v) is 7.31. The molecule has 0 saturated carbocycles. The van der Waals surface area contributed by atoms with E-state index < -0.39 is 0 Å². The second kappa shape index (κ2) is 3.03. The van der Waals surface area contributed by atoms with Crippen LogP contribution in [0.1, 0.15) is 0 Å². The first-order chi connectivity index (χ1) is 4.74. The molecule has 3 N–H and O–H groups in total. The number of benzene rings is 1. The smallest absolute Gasteiger partial charge is 0.146 e. The molecule has 0 aliphatic carbocycles. The van der Waals surface area contributed by atoms with Crippen LogP contribution in [0.25, 0.3) is 0 Å². The molecule has 0 bridgehead atoms. The molecule has 0 heterocycles. The first kappa shape index (κ1) is 7.57. The van der Waals surface area contributed by atoms with Crippen LogP contribution >= 0.6 is 15.9 Å². The molecular weight excluding hydrogens is 194 g/mol. The predicted octanol–water partition coefficient (Wildman–Crippen LogP) is 1.33. The van der Waals surface area contributed by atoms with Crippen molar-refractivity contribution in [3.05, 3.63) is 22.7 Å². The summed E-state index contributed by atoms with van der Waals surface area (Å²) in [7, 11) is 1.64. The predicted molar refractivity (Wildman–Crippen MR) is 43.2 cm³/mol. The summed E-state index contributed by atoms with van der Waals surface area (Å²) in [4.78, 5) is 0. The molecule has 10 heavy (non-hydrogen) atoms. The molecule has 1 aromatic rings. The highest BCUT2D eigenvalue weighted by Crippen LogP contribution is 2.22. The molecule has 0 radical (unpaired) electrons. The van der Waals surface area contributed by atoms with Crippen LogP contribution in [0.15, 0.2) is 22.7 Å². The average molecular weight is 203 g/mol. The number of hydrogen-bond acceptors (Lipinski definition) is 1. The van der Waals surface area contributed by atoms with Gasteiger partial charge in [0.25, 0.3) is 0 Å². The largest absolute Gasteiger partial charge is 0.497 e. The highest BCUT2D eigenvalue weighted by molar-refractivity contribution is 9.10. The van der Waals surface area contributed by atoms with Gasteiger partial charge < -0.3 is 10.5 Å². The van der Waals surface area contributed by atoms with Gasteiger partial charge >= 0.3 is 0 Å². The molecule has 1 aromatic carbocycles. The zero-order valence-electron chi connectivity index (χ0n) is 5.73. The maximum absolute atomic E-state index is 4.99. The standard InChI is InChI=1S/C7H8BrNO/c1-10-5-2-3-6(8)7(9)4-5/h2-4H,9H2,1H3/p+1. The fourth-order valence-electron chi connectivity index (χ4n) is 0.678. The Morgan fingerprint density at radius 3 is 2.70 bits per heavy atom. The number of methoxy groups -OCH3 is 1. The van der Waals surface area contributed by atoms with Crippen molar-refractivity contribution < 1.29 is 10.5 Å². The Morgan fingerprint density at radius 1 is 1.50 bits per heavy atom. The maximum Gasteiger partial charge on any atom is 0.146 e. The molecule has 0 atom stereocenters. The monoisotopic (exact) mass is 202 g/mol. The van der Waals surface area contributed by atoms with Crippen LogP contribution in [-0.2, 0) is 0 Å². The molecule has 0 saturated heterocycles. The zero-order chi connectivity index (χ0) is 7.56. The lowest BCUT2D eigenvalue weighted by Gasteiger charge is -1.98. The van der Waals surface area contributed by atoms with Crippen LogP contribution in [-0.4, -0.2) is 7.11 Å². The molecule has 0 aromatic heterocycles. The van der Waals surface area contributed by atoms with Gasteiger partial charge in [0, 0.05) is 6.07 Å². The van der Waals surface area contributed by atoms with E-state index >= 15 is 0 Å². The first-order valence-corrected chi connectivity index (χ1v) is 3.69. The topological polar surface area (TPSA) is 36.9 Å². The van der Waals surface area contributed by atoms with Gasteiger partial charge in [-0.25, -0.2) is 0 Å². The Hall–Kier alpha value is -0.540. The number of rotatable bonds is 1. The second-order valence-corrected chi connectivity index (χ2v) is 2.81. The van der Waals surface area contributed by atoms with E-state index in [9.17, 15) is 0 Å². The van der Waals surface area contributed by atoms with Crippen LogP contribution in [0.3, 0.4) is 0 Å². The van der Waals surface area contributed by atoms with Gasteiger partial charge in [0.15, 0.2) is 0 Å². The molecular formula is C7H9BrNO+. The number of halogens is 1. The van der Waals surface area contributed by atoms with Crippen LogP contribution < -0.4 is 10.5 Å². The maximum atomic E-state index is 4.99. The minimum absolute atomic E-state index is 0.841. The lowest BCUT2D eigenvalue weighted by molar-refractivity contribution is -0.255. The minimum Gasteiger partial charge on any atom is -0.497 e. The Bertz CT molecular complexity index is 237. The minimum atomic E-state index is 0.841. The van der Waals surface area contributed by atoms with Gasteiger partial charge in [-0.3, -0.25) is 0 Å². The number of quaternary nitrogens is 1. The molecule has 1 rings (SSSR count). The quantitative estimate of drug-likeness (QED) is 0.734. The Labute approximate surface area is 68.1 Å². The van der Waals surface area contributed by atoms with Crippen molar-refractivity contribution in [1.29, 1.82) is 0 Å². The van der Waals surface area contributed by atoms with E-state index in [-0.39, 0.29) is 0 Å². The third-order valence-corrected chi connectivity index (χ3v) is 2.03. The van der Waals surface area contributed by atoms with Gasteiger partial charge in [0.05, 0.1) is 11.6 Å². The summed E-state index contributed by atoms with van der Waals surface area (Å²) in [5, 5.41) is 0. The Morgan fingerprint density at radius 2 is 2.20 bits per heavy atom. The van der Waals surface area contributed by atoms with Crippen molar-refractivity contribution in [3.8, 4) is 5.75 Å². The van der Waals surface area contributed by atoms with E-state index in [1.165, 1.54) is 0 Å². The average Bonchev–Trinajstić information content (AvgIpc) is 1.95. The number of hydrogen-bond donors (Lipinski definition) is 1. The normalized spacial score (nSPS) is 9.50. The number of ether oxygens (including phenoxy) is 1. The SMILES string of the molecule is COc1ccc(Br)c([NH3+])c1.